The lowest BCUT2D eigenvalue weighted by atomic mass is 10.1. The van der Waals surface area contributed by atoms with Crippen molar-refractivity contribution in [1.82, 2.24) is 24.5 Å². The molecule has 0 saturated carbocycles. The average molecular weight is 421 g/mol. The highest BCUT2D eigenvalue weighted by Gasteiger charge is 2.21. The van der Waals surface area contributed by atoms with Gasteiger partial charge in [-0.2, -0.15) is 10.2 Å². The maximum atomic E-state index is 13.0. The monoisotopic (exact) mass is 420 g/mol. The SMILES string of the molecule is CC(C)c1c(C(=O)Nc2ccn(Cc3ccccn3)n2)cnn1-c1cccc(Cl)c1. The van der Waals surface area contributed by atoms with E-state index in [1.807, 2.05) is 56.4 Å². The maximum absolute atomic E-state index is 13.0. The molecule has 0 aliphatic carbocycles. The van der Waals surface area contributed by atoms with E-state index in [2.05, 4.69) is 20.5 Å². The third-order valence-electron chi connectivity index (χ3n) is 4.58. The third-order valence-corrected chi connectivity index (χ3v) is 4.82. The second-order valence-corrected chi connectivity index (χ2v) is 7.60. The highest BCUT2D eigenvalue weighted by Crippen LogP contribution is 2.25. The molecule has 7 nitrogen and oxygen atoms in total. The van der Waals surface area contributed by atoms with Gasteiger partial charge >= 0.3 is 0 Å². The first-order valence-electron chi connectivity index (χ1n) is 9.60. The fourth-order valence-electron chi connectivity index (χ4n) is 3.26. The molecule has 0 spiro atoms. The molecule has 0 aliphatic rings. The molecule has 3 heterocycles. The van der Waals surface area contributed by atoms with Crippen LogP contribution in [0.25, 0.3) is 5.69 Å². The molecule has 152 valence electrons. The van der Waals surface area contributed by atoms with E-state index in [1.54, 1.807) is 33.9 Å². The van der Waals surface area contributed by atoms with Gasteiger partial charge in [-0.3, -0.25) is 14.5 Å². The topological polar surface area (TPSA) is 77.6 Å². The first-order chi connectivity index (χ1) is 14.5. The molecule has 0 saturated heterocycles. The second kappa shape index (κ2) is 8.51. The van der Waals surface area contributed by atoms with E-state index in [9.17, 15) is 4.79 Å². The number of hydrogen-bond donors (Lipinski definition) is 1. The van der Waals surface area contributed by atoms with E-state index in [-0.39, 0.29) is 11.8 Å². The Kier molecular flexibility index (Phi) is 5.63. The van der Waals surface area contributed by atoms with Gasteiger partial charge in [0.05, 0.1) is 35.4 Å². The maximum Gasteiger partial charge on any atom is 0.260 e. The molecular formula is C22H21ClN6O. The van der Waals surface area contributed by atoms with E-state index in [0.29, 0.717) is 22.9 Å². The number of carbonyl (C=O) groups excluding carboxylic acids is 1. The average Bonchev–Trinajstić information content (AvgIpc) is 3.36. The number of hydrogen-bond acceptors (Lipinski definition) is 4. The summed E-state index contributed by atoms with van der Waals surface area (Å²) in [6, 6.07) is 14.9. The van der Waals surface area contributed by atoms with E-state index in [1.165, 1.54) is 0 Å². The molecule has 1 N–H and O–H groups in total. The summed E-state index contributed by atoms with van der Waals surface area (Å²) in [4.78, 5) is 17.3. The quantitative estimate of drug-likeness (QED) is 0.496. The van der Waals surface area contributed by atoms with Crippen LogP contribution in [0.4, 0.5) is 5.82 Å². The molecule has 0 aliphatic heterocycles. The molecule has 0 radical (unpaired) electrons. The predicted molar refractivity (Wildman–Crippen MR) is 116 cm³/mol. The van der Waals surface area contributed by atoms with Crippen LogP contribution in [0.3, 0.4) is 0 Å². The van der Waals surface area contributed by atoms with Crippen LogP contribution in [0, 0.1) is 0 Å². The molecule has 30 heavy (non-hydrogen) atoms. The molecule has 3 aromatic heterocycles. The number of benzene rings is 1. The summed E-state index contributed by atoms with van der Waals surface area (Å²) in [7, 11) is 0. The lowest BCUT2D eigenvalue weighted by Crippen LogP contribution is -2.16. The minimum atomic E-state index is -0.255. The van der Waals surface area contributed by atoms with Crippen molar-refractivity contribution in [2.45, 2.75) is 26.3 Å². The Labute approximate surface area is 179 Å². The van der Waals surface area contributed by atoms with Crippen LogP contribution >= 0.6 is 11.6 Å². The summed E-state index contributed by atoms with van der Waals surface area (Å²) in [6.45, 7) is 4.58. The molecule has 0 fully saturated rings. The van der Waals surface area contributed by atoms with E-state index in [0.717, 1.165) is 17.1 Å². The Hall–Kier alpha value is -3.45. The normalized spacial score (nSPS) is 11.1. The summed E-state index contributed by atoms with van der Waals surface area (Å²) in [5, 5.41) is 12.3. The lowest BCUT2D eigenvalue weighted by Gasteiger charge is -2.13. The molecule has 4 aromatic rings. The van der Waals surface area contributed by atoms with Crippen molar-refractivity contribution in [2.75, 3.05) is 5.32 Å². The van der Waals surface area contributed by atoms with Crippen LogP contribution in [0.15, 0.2) is 67.1 Å². The molecule has 0 unspecified atom stereocenters. The number of amides is 1. The highest BCUT2D eigenvalue weighted by molar-refractivity contribution is 6.30. The summed E-state index contributed by atoms with van der Waals surface area (Å²) in [5.41, 5.74) is 3.01. The zero-order valence-corrected chi connectivity index (χ0v) is 17.4. The Morgan fingerprint density at radius 2 is 2.03 bits per heavy atom. The summed E-state index contributed by atoms with van der Waals surface area (Å²) in [5.74, 6) is 0.296. The Morgan fingerprint density at radius 3 is 2.77 bits per heavy atom. The van der Waals surface area contributed by atoms with Crippen molar-refractivity contribution in [1.29, 1.82) is 0 Å². The van der Waals surface area contributed by atoms with E-state index >= 15 is 0 Å². The van der Waals surface area contributed by atoms with Crippen molar-refractivity contribution in [3.63, 3.8) is 0 Å². The molecule has 1 aromatic carbocycles. The molecule has 1 amide bonds. The molecular weight excluding hydrogens is 400 g/mol. The largest absolute Gasteiger partial charge is 0.305 e. The highest BCUT2D eigenvalue weighted by atomic mass is 35.5. The number of rotatable bonds is 6. The van der Waals surface area contributed by atoms with Gasteiger partial charge in [0.15, 0.2) is 5.82 Å². The number of aromatic nitrogens is 5. The number of nitrogens with one attached hydrogen (secondary N) is 1. The first-order valence-corrected chi connectivity index (χ1v) is 9.97. The number of carbonyl (C=O) groups is 1. The van der Waals surface area contributed by atoms with Gasteiger partial charge in [-0.25, -0.2) is 4.68 Å². The number of nitrogens with zero attached hydrogens (tertiary/aromatic N) is 5. The van der Waals surface area contributed by atoms with Gasteiger partial charge in [0.25, 0.3) is 5.91 Å². The van der Waals surface area contributed by atoms with Crippen molar-refractivity contribution < 1.29 is 4.79 Å². The predicted octanol–water partition coefficient (Wildman–Crippen LogP) is 4.54. The summed E-state index contributed by atoms with van der Waals surface area (Å²) >= 11 is 6.13. The number of pyridine rings is 1. The smallest absolute Gasteiger partial charge is 0.260 e. The Morgan fingerprint density at radius 1 is 1.17 bits per heavy atom. The number of anilines is 1. The molecule has 4 rings (SSSR count). The molecule has 0 atom stereocenters. The summed E-state index contributed by atoms with van der Waals surface area (Å²) < 4.78 is 3.49. The van der Waals surface area contributed by atoms with Crippen LogP contribution in [-0.4, -0.2) is 30.5 Å². The molecule has 0 bridgehead atoms. The van der Waals surface area contributed by atoms with Gasteiger partial charge < -0.3 is 5.32 Å². The lowest BCUT2D eigenvalue weighted by molar-refractivity contribution is 0.102. The second-order valence-electron chi connectivity index (χ2n) is 7.16. The van der Waals surface area contributed by atoms with Gasteiger partial charge in [0, 0.05) is 23.5 Å². The number of halogens is 1. The van der Waals surface area contributed by atoms with Gasteiger partial charge in [-0.15, -0.1) is 0 Å². The van der Waals surface area contributed by atoms with Crippen LogP contribution in [0.2, 0.25) is 5.02 Å². The minimum Gasteiger partial charge on any atom is -0.305 e. The van der Waals surface area contributed by atoms with Gasteiger partial charge in [-0.1, -0.05) is 37.6 Å². The fourth-order valence-corrected chi connectivity index (χ4v) is 3.44. The third kappa shape index (κ3) is 4.26. The fraction of sp³-hybridized carbons (Fsp3) is 0.182. The van der Waals surface area contributed by atoms with Crippen LogP contribution in [0.1, 0.15) is 41.5 Å². The zero-order chi connectivity index (χ0) is 21.1. The first kappa shape index (κ1) is 19.8. The van der Waals surface area contributed by atoms with E-state index in [4.69, 9.17) is 11.6 Å². The van der Waals surface area contributed by atoms with Crippen molar-refractivity contribution in [3.8, 4) is 5.69 Å². The van der Waals surface area contributed by atoms with Crippen LogP contribution in [-0.2, 0) is 6.54 Å². The van der Waals surface area contributed by atoms with Gasteiger partial charge in [0.2, 0.25) is 0 Å². The van der Waals surface area contributed by atoms with Crippen LogP contribution < -0.4 is 5.32 Å². The standard InChI is InChI=1S/C22H21ClN6O/c1-15(2)21-19(13-25-29(21)18-8-5-6-16(23)12-18)22(30)26-20-9-11-28(27-20)14-17-7-3-4-10-24-17/h3-13,15H,14H2,1-2H3,(H,26,27,30). The van der Waals surface area contributed by atoms with Crippen molar-refractivity contribution >= 4 is 23.3 Å². The van der Waals surface area contributed by atoms with Gasteiger partial charge in [-0.05, 0) is 36.2 Å². The zero-order valence-electron chi connectivity index (χ0n) is 16.7. The van der Waals surface area contributed by atoms with E-state index < -0.39 is 0 Å². The minimum absolute atomic E-state index is 0.0777. The summed E-state index contributed by atoms with van der Waals surface area (Å²) in [6.07, 6.45) is 5.13. The van der Waals surface area contributed by atoms with Gasteiger partial charge in [0.1, 0.15) is 0 Å². The van der Waals surface area contributed by atoms with Crippen LogP contribution in [0.5, 0.6) is 0 Å². The Balaban J connectivity index is 1.55. The molecule has 8 heteroatoms. The Bertz CT molecular complexity index is 1170. The van der Waals surface area contributed by atoms with Crippen molar-refractivity contribution in [3.05, 3.63) is 89.1 Å². The van der Waals surface area contributed by atoms with Crippen molar-refractivity contribution in [2.24, 2.45) is 0 Å².